The molecular formula is C37H32Cl2N6O4S2. The van der Waals surface area contributed by atoms with Gasteiger partial charge in [0, 0.05) is 50.0 Å². The molecule has 0 amide bonds. The van der Waals surface area contributed by atoms with Crippen LogP contribution in [0.4, 0.5) is 17.1 Å². The molecule has 0 unspecified atom stereocenters. The summed E-state index contributed by atoms with van der Waals surface area (Å²) < 4.78 is 33.4. The minimum absolute atomic E-state index is 0.0321. The first-order chi connectivity index (χ1) is 24.4. The maximum atomic E-state index is 11.4. The van der Waals surface area contributed by atoms with E-state index in [0.717, 1.165) is 44.3 Å². The highest BCUT2D eigenvalue weighted by molar-refractivity contribution is 7.89. The first kappa shape index (κ1) is 35.6. The fraction of sp³-hybridized carbons (Fsp3) is 0.0541. The number of rotatable bonds is 7. The highest BCUT2D eigenvalue weighted by atomic mass is 35.5. The van der Waals surface area contributed by atoms with Crippen molar-refractivity contribution in [1.29, 1.82) is 0 Å². The van der Waals surface area contributed by atoms with Crippen molar-refractivity contribution in [1.82, 2.24) is 9.97 Å². The number of nitrogens with two attached hydrogens (primary N) is 2. The summed E-state index contributed by atoms with van der Waals surface area (Å²) in [5, 5.41) is 14.8. The zero-order chi connectivity index (χ0) is 36.3. The Morgan fingerprint density at radius 1 is 0.706 bits per heavy atom. The number of para-hydroxylation sites is 1. The number of sulfonamides is 1. The van der Waals surface area contributed by atoms with E-state index in [2.05, 4.69) is 32.7 Å². The van der Waals surface area contributed by atoms with Gasteiger partial charge < -0.3 is 35.8 Å². The molecule has 0 aliphatic heterocycles. The third-order valence-electron chi connectivity index (χ3n) is 7.93. The zero-order valence-electron chi connectivity index (χ0n) is 27.3. The Hall–Kier alpha value is -5.24. The van der Waals surface area contributed by atoms with Gasteiger partial charge in [0.05, 0.1) is 40.5 Å². The van der Waals surface area contributed by atoms with E-state index in [1.807, 2.05) is 72.8 Å². The molecule has 7 aromatic rings. The molecule has 2 heterocycles. The summed E-state index contributed by atoms with van der Waals surface area (Å²) in [4.78, 5) is 6.75. The van der Waals surface area contributed by atoms with E-state index in [1.165, 1.54) is 12.1 Å². The summed E-state index contributed by atoms with van der Waals surface area (Å²) >= 11 is 17.5. The van der Waals surface area contributed by atoms with Gasteiger partial charge in [0.15, 0.2) is 5.11 Å². The fourth-order valence-corrected chi connectivity index (χ4v) is 6.48. The van der Waals surface area contributed by atoms with Gasteiger partial charge in [-0.1, -0.05) is 41.4 Å². The molecule has 0 atom stereocenters. The molecule has 10 nitrogen and oxygen atoms in total. The van der Waals surface area contributed by atoms with Crippen LogP contribution in [-0.4, -0.2) is 37.7 Å². The number of aromatic amines is 2. The standard InChI is InChI=1S/C22H20N4O3S2.C15H12Cl2N2O/c1-29-21-11-6-15(19-12-14-4-2-3-5-18(14)25-19)13-20(21)26-22(30)24-16-7-9-17(10-8-16)31(23,27)28;1-20-15-3-2-8(5-12(15)18)13-6-9-4-10(16)11(17)7-14(9)19-13/h2-13,25H,1H3,(H2,23,27,28)(H2,24,26,30);2-7,19H,18H2,1H3. The molecule has 2 aromatic heterocycles. The number of benzene rings is 5. The quantitative estimate of drug-likeness (QED) is 0.0694. The Morgan fingerprint density at radius 3 is 1.96 bits per heavy atom. The van der Waals surface area contributed by atoms with Crippen LogP contribution in [-0.2, 0) is 10.0 Å². The molecule has 8 N–H and O–H groups in total. The first-order valence-corrected chi connectivity index (χ1v) is 18.0. The highest BCUT2D eigenvalue weighted by Crippen LogP contribution is 2.34. The van der Waals surface area contributed by atoms with E-state index in [1.54, 1.807) is 26.4 Å². The van der Waals surface area contributed by atoms with E-state index >= 15 is 0 Å². The van der Waals surface area contributed by atoms with Crippen molar-refractivity contribution in [2.24, 2.45) is 5.14 Å². The average Bonchev–Trinajstić information content (AvgIpc) is 3.73. The molecule has 0 aliphatic rings. The Morgan fingerprint density at radius 2 is 1.31 bits per heavy atom. The Kier molecular flexibility index (Phi) is 10.4. The van der Waals surface area contributed by atoms with Gasteiger partial charge in [-0.05, 0) is 103 Å². The van der Waals surface area contributed by atoms with Gasteiger partial charge >= 0.3 is 0 Å². The number of primary sulfonamides is 1. The van der Waals surface area contributed by atoms with Gasteiger partial charge in [0.1, 0.15) is 11.5 Å². The lowest BCUT2D eigenvalue weighted by Gasteiger charge is -2.15. The van der Waals surface area contributed by atoms with Crippen LogP contribution in [0.3, 0.4) is 0 Å². The number of H-pyrrole nitrogens is 2. The summed E-state index contributed by atoms with van der Waals surface area (Å²) in [6, 6.07) is 33.3. The van der Waals surface area contributed by atoms with E-state index < -0.39 is 10.0 Å². The molecule has 0 saturated carbocycles. The number of fused-ring (bicyclic) bond motifs is 2. The number of hydrogen-bond acceptors (Lipinski definition) is 6. The fourth-order valence-electron chi connectivity index (χ4n) is 5.40. The van der Waals surface area contributed by atoms with Crippen LogP contribution in [0.2, 0.25) is 10.0 Å². The Bertz CT molecular complexity index is 2430. The van der Waals surface area contributed by atoms with Gasteiger partial charge in [0.2, 0.25) is 10.0 Å². The Balaban J connectivity index is 0.000000193. The molecule has 0 spiro atoms. The van der Waals surface area contributed by atoms with Gasteiger partial charge in [-0.3, -0.25) is 0 Å². The summed E-state index contributed by atoms with van der Waals surface area (Å²) in [5.74, 6) is 1.30. The van der Waals surface area contributed by atoms with Crippen molar-refractivity contribution >= 4 is 89.4 Å². The lowest BCUT2D eigenvalue weighted by Crippen LogP contribution is -2.19. The number of nitrogen functional groups attached to an aromatic ring is 1. The van der Waals surface area contributed by atoms with E-state index in [9.17, 15) is 8.42 Å². The van der Waals surface area contributed by atoms with Crippen LogP contribution in [0.1, 0.15) is 0 Å². The summed E-state index contributed by atoms with van der Waals surface area (Å²) in [6.45, 7) is 0. The third kappa shape index (κ3) is 8.22. The second-order valence-corrected chi connectivity index (χ2v) is 14.1. The topological polar surface area (TPSA) is 160 Å². The predicted molar refractivity (Wildman–Crippen MR) is 213 cm³/mol. The van der Waals surface area contributed by atoms with Crippen LogP contribution in [0.15, 0.2) is 114 Å². The number of nitrogens with one attached hydrogen (secondary N) is 4. The van der Waals surface area contributed by atoms with E-state index in [0.29, 0.717) is 43.7 Å². The number of halogens is 2. The first-order valence-electron chi connectivity index (χ1n) is 15.3. The van der Waals surface area contributed by atoms with Crippen LogP contribution < -0.4 is 31.0 Å². The van der Waals surface area contributed by atoms with Crippen molar-refractivity contribution in [3.63, 3.8) is 0 Å². The van der Waals surface area contributed by atoms with Crippen molar-refractivity contribution in [2.75, 3.05) is 30.6 Å². The molecule has 51 heavy (non-hydrogen) atoms. The maximum absolute atomic E-state index is 11.4. The molecule has 0 aliphatic carbocycles. The molecule has 0 saturated heterocycles. The average molecular weight is 760 g/mol. The SMILES string of the molecule is COc1ccc(-c2cc3cc(Cl)c(Cl)cc3[nH]2)cc1N.COc1ccc(-c2cc3ccccc3[nH]2)cc1NC(=S)Nc1ccc(S(N)(=O)=O)cc1. The van der Waals surface area contributed by atoms with Crippen LogP contribution in [0.25, 0.3) is 44.3 Å². The smallest absolute Gasteiger partial charge is 0.238 e. The molecule has 14 heteroatoms. The summed E-state index contributed by atoms with van der Waals surface area (Å²) in [6.07, 6.45) is 0. The van der Waals surface area contributed by atoms with E-state index in [4.69, 9.17) is 55.8 Å². The minimum Gasteiger partial charge on any atom is -0.495 e. The number of thiocarbonyl (C=S) groups is 1. The van der Waals surface area contributed by atoms with Crippen molar-refractivity contribution in [2.45, 2.75) is 4.90 Å². The molecule has 260 valence electrons. The normalized spacial score (nSPS) is 11.2. The molecule has 0 radical (unpaired) electrons. The molecule has 0 fully saturated rings. The number of aromatic nitrogens is 2. The van der Waals surface area contributed by atoms with E-state index in [-0.39, 0.29) is 4.90 Å². The van der Waals surface area contributed by atoms with Crippen LogP contribution in [0, 0.1) is 0 Å². The maximum Gasteiger partial charge on any atom is 0.238 e. The lowest BCUT2D eigenvalue weighted by atomic mass is 10.1. The van der Waals surface area contributed by atoms with Crippen LogP contribution >= 0.6 is 35.4 Å². The van der Waals surface area contributed by atoms with Crippen molar-refractivity contribution < 1.29 is 17.9 Å². The number of ether oxygens (including phenoxy) is 2. The van der Waals surface area contributed by atoms with Gasteiger partial charge in [-0.2, -0.15) is 0 Å². The number of methoxy groups -OCH3 is 2. The second-order valence-electron chi connectivity index (χ2n) is 11.3. The van der Waals surface area contributed by atoms with Gasteiger partial charge in [-0.15, -0.1) is 0 Å². The minimum atomic E-state index is -3.74. The van der Waals surface area contributed by atoms with Crippen molar-refractivity contribution in [3.8, 4) is 34.0 Å². The number of hydrogen-bond donors (Lipinski definition) is 6. The second kappa shape index (κ2) is 14.9. The van der Waals surface area contributed by atoms with Crippen LogP contribution in [0.5, 0.6) is 11.5 Å². The zero-order valence-corrected chi connectivity index (χ0v) is 30.4. The highest BCUT2D eigenvalue weighted by Gasteiger charge is 2.12. The molecule has 5 aromatic carbocycles. The largest absolute Gasteiger partial charge is 0.495 e. The molecular weight excluding hydrogens is 727 g/mol. The Labute approximate surface area is 309 Å². The predicted octanol–water partition coefficient (Wildman–Crippen LogP) is 9.03. The monoisotopic (exact) mass is 758 g/mol. The van der Waals surface area contributed by atoms with Gasteiger partial charge in [0.25, 0.3) is 0 Å². The summed E-state index contributed by atoms with van der Waals surface area (Å²) in [7, 11) is -0.558. The summed E-state index contributed by atoms with van der Waals surface area (Å²) in [5.41, 5.74) is 13.7. The number of anilines is 3. The molecule has 7 rings (SSSR count). The van der Waals surface area contributed by atoms with Crippen molar-refractivity contribution in [3.05, 3.63) is 119 Å². The van der Waals surface area contributed by atoms with Gasteiger partial charge in [-0.25, -0.2) is 13.6 Å². The molecule has 0 bridgehead atoms. The lowest BCUT2D eigenvalue weighted by molar-refractivity contribution is 0.417. The third-order valence-corrected chi connectivity index (χ3v) is 9.79.